The fourth-order valence-electron chi connectivity index (χ4n) is 2.55. The van der Waals surface area contributed by atoms with E-state index in [1.165, 1.54) is 17.3 Å². The number of nitrogens with zero attached hydrogens (tertiary/aromatic N) is 3. The molecule has 27 heavy (non-hydrogen) atoms. The van der Waals surface area contributed by atoms with Gasteiger partial charge in [-0.2, -0.15) is 10.2 Å². The summed E-state index contributed by atoms with van der Waals surface area (Å²) in [5.74, 6) is 2.48. The van der Waals surface area contributed by atoms with Crippen LogP contribution in [0, 0.1) is 18.3 Å². The minimum absolute atomic E-state index is 0.489. The maximum atomic E-state index is 9.01. The zero-order chi connectivity index (χ0) is 19.2. The number of ether oxygens (including phenoxy) is 1. The molecule has 0 N–H and O–H groups in total. The molecular formula is C22H21N3OS. The summed E-state index contributed by atoms with van der Waals surface area (Å²) in [6, 6.07) is 19.6. The molecule has 0 unspecified atom stereocenters. The van der Waals surface area contributed by atoms with Crippen molar-refractivity contribution in [3.8, 4) is 17.7 Å². The summed E-state index contributed by atoms with van der Waals surface area (Å²) in [4.78, 5) is 8.99. The van der Waals surface area contributed by atoms with Crippen LogP contribution in [0.25, 0.3) is 0 Å². The summed E-state index contributed by atoms with van der Waals surface area (Å²) in [7, 11) is 0. The van der Waals surface area contributed by atoms with Crippen LogP contribution in [0.2, 0.25) is 0 Å². The van der Waals surface area contributed by atoms with E-state index in [1.54, 1.807) is 6.07 Å². The molecule has 0 aliphatic carbocycles. The second kappa shape index (κ2) is 8.70. The highest BCUT2D eigenvalue weighted by atomic mass is 32.2. The van der Waals surface area contributed by atoms with E-state index < -0.39 is 0 Å². The lowest BCUT2D eigenvalue weighted by atomic mass is 10.0. The average Bonchev–Trinajstić information content (AvgIpc) is 2.66. The number of benzene rings is 2. The summed E-state index contributed by atoms with van der Waals surface area (Å²) in [6.45, 7) is 6.26. The van der Waals surface area contributed by atoms with Crippen molar-refractivity contribution in [2.24, 2.45) is 0 Å². The second-order valence-corrected chi connectivity index (χ2v) is 7.50. The molecule has 0 saturated heterocycles. The van der Waals surface area contributed by atoms with Gasteiger partial charge in [-0.05, 0) is 48.2 Å². The van der Waals surface area contributed by atoms with E-state index in [4.69, 9.17) is 10.00 Å². The zero-order valence-electron chi connectivity index (χ0n) is 15.6. The van der Waals surface area contributed by atoms with Gasteiger partial charge in [0, 0.05) is 17.5 Å². The van der Waals surface area contributed by atoms with Crippen LogP contribution < -0.4 is 4.74 Å². The fraction of sp³-hybridized carbons (Fsp3) is 0.227. The van der Waals surface area contributed by atoms with E-state index >= 15 is 0 Å². The maximum Gasteiger partial charge on any atom is 0.223 e. The van der Waals surface area contributed by atoms with E-state index in [2.05, 4.69) is 42.0 Å². The van der Waals surface area contributed by atoms with Gasteiger partial charge in [0.05, 0.1) is 11.6 Å². The van der Waals surface area contributed by atoms with E-state index in [0.29, 0.717) is 28.3 Å². The first-order chi connectivity index (χ1) is 13.0. The highest BCUT2D eigenvalue weighted by Gasteiger charge is 2.07. The normalized spacial score (nSPS) is 10.6. The van der Waals surface area contributed by atoms with Crippen molar-refractivity contribution < 1.29 is 4.74 Å². The van der Waals surface area contributed by atoms with Gasteiger partial charge >= 0.3 is 0 Å². The van der Waals surface area contributed by atoms with Gasteiger partial charge < -0.3 is 4.74 Å². The number of thioether (sulfide) groups is 1. The highest BCUT2D eigenvalue weighted by Crippen LogP contribution is 2.26. The summed E-state index contributed by atoms with van der Waals surface area (Å²) in [6.07, 6.45) is 0. The molecule has 0 atom stereocenters. The third-order valence-electron chi connectivity index (χ3n) is 4.00. The third kappa shape index (κ3) is 5.32. The van der Waals surface area contributed by atoms with Gasteiger partial charge in [0.2, 0.25) is 5.88 Å². The Morgan fingerprint density at radius 3 is 2.56 bits per heavy atom. The van der Waals surface area contributed by atoms with Crippen molar-refractivity contribution in [1.82, 2.24) is 9.97 Å². The fourth-order valence-corrected chi connectivity index (χ4v) is 3.39. The molecule has 0 radical (unpaired) electrons. The van der Waals surface area contributed by atoms with Crippen molar-refractivity contribution in [1.29, 1.82) is 5.26 Å². The molecule has 0 aliphatic heterocycles. The maximum absolute atomic E-state index is 9.01. The first-order valence-electron chi connectivity index (χ1n) is 8.79. The Bertz CT molecular complexity index is 962. The van der Waals surface area contributed by atoms with Crippen LogP contribution in [0.3, 0.4) is 0 Å². The topological polar surface area (TPSA) is 58.8 Å². The summed E-state index contributed by atoms with van der Waals surface area (Å²) >= 11 is 1.53. The Labute approximate surface area is 164 Å². The molecule has 5 heteroatoms. The van der Waals surface area contributed by atoms with E-state index in [0.717, 1.165) is 17.0 Å². The van der Waals surface area contributed by atoms with E-state index in [1.807, 2.05) is 43.3 Å². The molecule has 3 rings (SSSR count). The van der Waals surface area contributed by atoms with E-state index in [9.17, 15) is 0 Å². The molecular weight excluding hydrogens is 354 g/mol. The first-order valence-corrected chi connectivity index (χ1v) is 9.77. The Hall–Kier alpha value is -2.84. The van der Waals surface area contributed by atoms with Crippen molar-refractivity contribution >= 4 is 11.8 Å². The van der Waals surface area contributed by atoms with Gasteiger partial charge in [-0.15, -0.1) is 0 Å². The van der Waals surface area contributed by atoms with Crippen LogP contribution in [-0.2, 0) is 5.75 Å². The molecule has 4 nitrogen and oxygen atoms in total. The van der Waals surface area contributed by atoms with Gasteiger partial charge in [-0.1, -0.05) is 49.9 Å². The number of aryl methyl sites for hydroxylation is 1. The van der Waals surface area contributed by atoms with Crippen LogP contribution in [0.4, 0.5) is 0 Å². The molecule has 0 amide bonds. The van der Waals surface area contributed by atoms with E-state index in [-0.39, 0.29) is 0 Å². The van der Waals surface area contributed by atoms with Crippen LogP contribution in [0.1, 0.15) is 42.1 Å². The smallest absolute Gasteiger partial charge is 0.223 e. The Kier molecular flexibility index (Phi) is 6.10. The van der Waals surface area contributed by atoms with Gasteiger partial charge in [-0.3, -0.25) is 0 Å². The minimum Gasteiger partial charge on any atom is -0.439 e. The average molecular weight is 375 g/mol. The Morgan fingerprint density at radius 2 is 1.85 bits per heavy atom. The lowest BCUT2D eigenvalue weighted by Gasteiger charge is -2.09. The highest BCUT2D eigenvalue weighted by molar-refractivity contribution is 7.98. The zero-order valence-corrected chi connectivity index (χ0v) is 16.5. The van der Waals surface area contributed by atoms with Crippen molar-refractivity contribution in [3.63, 3.8) is 0 Å². The second-order valence-electron chi connectivity index (χ2n) is 6.56. The predicted octanol–water partition coefficient (Wildman–Crippen LogP) is 5.86. The van der Waals surface area contributed by atoms with Crippen molar-refractivity contribution in [2.45, 2.75) is 37.6 Å². The summed E-state index contributed by atoms with van der Waals surface area (Å²) < 4.78 is 5.92. The number of hydrogen-bond acceptors (Lipinski definition) is 5. The lowest BCUT2D eigenvalue weighted by Crippen LogP contribution is -1.96. The van der Waals surface area contributed by atoms with Gasteiger partial charge in [0.25, 0.3) is 0 Å². The minimum atomic E-state index is 0.489. The SMILES string of the molecule is Cc1cc(Oc2ccc(C(C)C)cc2)nc(SCc2cccc(C#N)c2)n1. The van der Waals surface area contributed by atoms with Crippen LogP contribution in [-0.4, -0.2) is 9.97 Å². The van der Waals surface area contributed by atoms with Crippen molar-refractivity contribution in [2.75, 3.05) is 0 Å². The van der Waals surface area contributed by atoms with Crippen LogP contribution >= 0.6 is 11.8 Å². The van der Waals surface area contributed by atoms with Crippen LogP contribution in [0.15, 0.2) is 59.8 Å². The lowest BCUT2D eigenvalue weighted by molar-refractivity contribution is 0.454. The number of hydrogen-bond donors (Lipinski definition) is 0. The number of nitriles is 1. The predicted molar refractivity (Wildman–Crippen MR) is 108 cm³/mol. The molecule has 0 aliphatic rings. The summed E-state index contributed by atoms with van der Waals surface area (Å²) in [5, 5.41) is 9.67. The van der Waals surface area contributed by atoms with Crippen LogP contribution in [0.5, 0.6) is 11.6 Å². The molecule has 1 aromatic heterocycles. The molecule has 136 valence electrons. The molecule has 0 spiro atoms. The summed E-state index contributed by atoms with van der Waals surface area (Å²) in [5.41, 5.74) is 3.85. The first kappa shape index (κ1) is 18.9. The monoisotopic (exact) mass is 375 g/mol. The molecule has 0 bridgehead atoms. The van der Waals surface area contributed by atoms with Gasteiger partial charge in [0.15, 0.2) is 5.16 Å². The molecule has 1 heterocycles. The largest absolute Gasteiger partial charge is 0.439 e. The number of aromatic nitrogens is 2. The molecule has 2 aromatic carbocycles. The standard InChI is InChI=1S/C22H21N3OS/c1-15(2)19-7-9-20(10-8-19)26-21-11-16(3)24-22(25-21)27-14-18-6-4-5-17(12-18)13-23/h4-12,15H,14H2,1-3H3. The van der Waals surface area contributed by atoms with Gasteiger partial charge in [-0.25, -0.2) is 4.98 Å². The quantitative estimate of drug-likeness (QED) is 0.399. The Morgan fingerprint density at radius 1 is 1.07 bits per heavy atom. The third-order valence-corrected chi connectivity index (χ3v) is 4.92. The molecule has 0 saturated carbocycles. The number of rotatable bonds is 6. The van der Waals surface area contributed by atoms with Gasteiger partial charge in [0.1, 0.15) is 5.75 Å². The Balaban J connectivity index is 1.71. The molecule has 3 aromatic rings. The molecule has 0 fully saturated rings. The van der Waals surface area contributed by atoms with Crippen molar-refractivity contribution in [3.05, 3.63) is 77.0 Å².